The van der Waals surface area contributed by atoms with E-state index in [0.29, 0.717) is 6.61 Å². The third-order valence-corrected chi connectivity index (χ3v) is 3.97. The van der Waals surface area contributed by atoms with Crippen LogP contribution >= 0.6 is 0 Å². The molecule has 0 saturated carbocycles. The second kappa shape index (κ2) is 17.3. The fraction of sp³-hybridized carbons (Fsp3) is 0.762. The summed E-state index contributed by atoms with van der Waals surface area (Å²) in [6.07, 6.45) is 22.9. The molecule has 0 saturated heterocycles. The van der Waals surface area contributed by atoms with Gasteiger partial charge in [0, 0.05) is 0 Å². The normalized spacial score (nSPS) is 13.0. The molecule has 0 amide bonds. The number of carbonyl (C=O) groups is 1. The molecular weight excluding hydrogens is 284 g/mol. The van der Waals surface area contributed by atoms with Crippen molar-refractivity contribution < 1.29 is 9.53 Å². The predicted molar refractivity (Wildman–Crippen MR) is 101 cm³/mol. The Bertz CT molecular complexity index is 318. The highest BCUT2D eigenvalue weighted by atomic mass is 16.5. The molecule has 0 N–H and O–H groups in total. The van der Waals surface area contributed by atoms with Gasteiger partial charge in [-0.3, -0.25) is 4.79 Å². The second-order valence-electron chi connectivity index (χ2n) is 6.28. The number of ether oxygens (including phenoxy) is 1. The third kappa shape index (κ3) is 15.6. The van der Waals surface area contributed by atoms with Crippen molar-refractivity contribution >= 4 is 5.97 Å². The zero-order valence-corrected chi connectivity index (χ0v) is 15.7. The summed E-state index contributed by atoms with van der Waals surface area (Å²) in [4.78, 5) is 11.4. The van der Waals surface area contributed by atoms with Crippen LogP contribution in [0.25, 0.3) is 0 Å². The largest absolute Gasteiger partial charge is 0.466 e. The maximum absolute atomic E-state index is 11.4. The molecule has 0 radical (unpaired) electrons. The van der Waals surface area contributed by atoms with Gasteiger partial charge in [-0.2, -0.15) is 0 Å². The molecular formula is C21H38O2. The van der Waals surface area contributed by atoms with E-state index in [2.05, 4.69) is 25.2 Å². The molecule has 0 heterocycles. The summed E-state index contributed by atoms with van der Waals surface area (Å²) in [6, 6.07) is 0. The molecule has 0 aliphatic carbocycles. The van der Waals surface area contributed by atoms with Crippen LogP contribution in [0, 0.1) is 5.92 Å². The van der Waals surface area contributed by atoms with Crippen molar-refractivity contribution in [3.8, 4) is 0 Å². The van der Waals surface area contributed by atoms with Crippen LogP contribution < -0.4 is 0 Å². The summed E-state index contributed by atoms with van der Waals surface area (Å²) in [5.41, 5.74) is 0. The number of allylic oxidation sites excluding steroid dienone is 3. The fourth-order valence-electron chi connectivity index (χ4n) is 2.46. The maximum atomic E-state index is 11.4. The van der Waals surface area contributed by atoms with Crippen LogP contribution in [0.3, 0.4) is 0 Å². The van der Waals surface area contributed by atoms with Crippen LogP contribution in [0.4, 0.5) is 0 Å². The number of carbonyl (C=O) groups excluding carboxylic acids is 1. The number of hydrogen-bond donors (Lipinski definition) is 0. The monoisotopic (exact) mass is 322 g/mol. The smallest absolute Gasteiger partial charge is 0.312 e. The summed E-state index contributed by atoms with van der Waals surface area (Å²) in [5, 5.41) is 0. The summed E-state index contributed by atoms with van der Waals surface area (Å²) in [7, 11) is 0. The van der Waals surface area contributed by atoms with Crippen LogP contribution in [0.1, 0.15) is 91.4 Å². The van der Waals surface area contributed by atoms with Crippen molar-refractivity contribution in [2.45, 2.75) is 91.4 Å². The Morgan fingerprint density at radius 2 is 1.39 bits per heavy atom. The molecule has 0 spiro atoms. The summed E-state index contributed by atoms with van der Waals surface area (Å²) < 4.78 is 4.97. The average molecular weight is 323 g/mol. The van der Waals surface area contributed by atoms with Gasteiger partial charge in [0.1, 0.15) is 0 Å². The minimum atomic E-state index is -0.127. The van der Waals surface area contributed by atoms with Gasteiger partial charge in [0.25, 0.3) is 0 Å². The number of unbranched alkanes of at least 4 members (excludes halogenated alkanes) is 9. The Hall–Kier alpha value is -1.05. The molecule has 23 heavy (non-hydrogen) atoms. The zero-order valence-electron chi connectivity index (χ0n) is 15.7. The Kier molecular flexibility index (Phi) is 16.5. The molecule has 2 heteroatoms. The lowest BCUT2D eigenvalue weighted by atomic mass is 10.1. The minimum Gasteiger partial charge on any atom is -0.466 e. The van der Waals surface area contributed by atoms with E-state index in [0.717, 1.165) is 19.3 Å². The highest BCUT2D eigenvalue weighted by Crippen LogP contribution is 2.09. The molecule has 0 aromatic carbocycles. The van der Waals surface area contributed by atoms with Gasteiger partial charge in [0.2, 0.25) is 0 Å². The summed E-state index contributed by atoms with van der Waals surface area (Å²) in [5.74, 6) is -0.249. The summed E-state index contributed by atoms with van der Waals surface area (Å²) in [6.45, 7) is 6.45. The van der Waals surface area contributed by atoms with Crippen molar-refractivity contribution in [1.82, 2.24) is 0 Å². The Morgan fingerprint density at radius 1 is 0.826 bits per heavy atom. The van der Waals surface area contributed by atoms with E-state index in [-0.39, 0.29) is 11.9 Å². The minimum absolute atomic E-state index is 0.122. The van der Waals surface area contributed by atoms with Crippen molar-refractivity contribution in [2.75, 3.05) is 6.61 Å². The molecule has 0 aliphatic rings. The molecule has 1 atom stereocenters. The molecule has 0 aromatic rings. The molecule has 2 nitrogen and oxygen atoms in total. The van der Waals surface area contributed by atoms with E-state index in [1.807, 2.05) is 19.9 Å². The van der Waals surface area contributed by atoms with Gasteiger partial charge in [-0.15, -0.1) is 0 Å². The van der Waals surface area contributed by atoms with Crippen molar-refractivity contribution in [1.29, 1.82) is 0 Å². The second-order valence-corrected chi connectivity index (χ2v) is 6.28. The lowest BCUT2D eigenvalue weighted by Gasteiger charge is -2.04. The number of hydrogen-bond acceptors (Lipinski definition) is 2. The fourth-order valence-corrected chi connectivity index (χ4v) is 2.46. The van der Waals surface area contributed by atoms with Gasteiger partial charge in [-0.05, 0) is 46.0 Å². The van der Waals surface area contributed by atoms with Crippen LogP contribution in [-0.2, 0) is 9.53 Å². The average Bonchev–Trinajstić information content (AvgIpc) is 2.55. The first-order valence-corrected chi connectivity index (χ1v) is 9.70. The van der Waals surface area contributed by atoms with Crippen molar-refractivity contribution in [3.63, 3.8) is 0 Å². The summed E-state index contributed by atoms with van der Waals surface area (Å²) >= 11 is 0. The van der Waals surface area contributed by atoms with E-state index in [4.69, 9.17) is 4.74 Å². The van der Waals surface area contributed by atoms with Crippen LogP contribution in [0.5, 0.6) is 0 Å². The first kappa shape index (κ1) is 21.9. The Labute approximate surface area is 144 Å². The van der Waals surface area contributed by atoms with Crippen molar-refractivity contribution in [3.05, 3.63) is 24.3 Å². The first-order chi connectivity index (χ1) is 11.2. The maximum Gasteiger partial charge on any atom is 0.312 e. The Morgan fingerprint density at radius 3 is 2.04 bits per heavy atom. The molecule has 0 fully saturated rings. The van der Waals surface area contributed by atoms with Gasteiger partial charge in [-0.1, -0.05) is 69.8 Å². The third-order valence-electron chi connectivity index (χ3n) is 3.97. The number of rotatable bonds is 15. The predicted octanol–water partition coefficient (Wildman–Crippen LogP) is 6.61. The van der Waals surface area contributed by atoms with Gasteiger partial charge in [0.15, 0.2) is 0 Å². The molecule has 0 bridgehead atoms. The molecule has 134 valence electrons. The molecule has 0 aliphatic heterocycles. The van der Waals surface area contributed by atoms with Gasteiger partial charge < -0.3 is 4.74 Å². The lowest BCUT2D eigenvalue weighted by molar-refractivity contribution is -0.145. The van der Waals surface area contributed by atoms with E-state index >= 15 is 0 Å². The van der Waals surface area contributed by atoms with Gasteiger partial charge in [0.05, 0.1) is 12.5 Å². The van der Waals surface area contributed by atoms with Crippen LogP contribution in [0.15, 0.2) is 24.3 Å². The van der Waals surface area contributed by atoms with E-state index in [1.165, 1.54) is 51.4 Å². The highest BCUT2D eigenvalue weighted by molar-refractivity contribution is 5.73. The van der Waals surface area contributed by atoms with E-state index in [1.54, 1.807) is 0 Å². The molecule has 0 aromatic heterocycles. The van der Waals surface area contributed by atoms with Crippen molar-refractivity contribution in [2.24, 2.45) is 5.92 Å². The van der Waals surface area contributed by atoms with E-state index in [9.17, 15) is 4.79 Å². The van der Waals surface area contributed by atoms with E-state index < -0.39 is 0 Å². The quantitative estimate of drug-likeness (QED) is 0.193. The lowest BCUT2D eigenvalue weighted by Crippen LogP contribution is -2.12. The number of esters is 1. The standard InChI is InChI=1S/C21H38O2/c1-4-6-7-8-9-10-11-12-13-14-15-16-17-18-19-20(3)21(22)23-5-2/h13-14,18-20H,4-12,15-17H2,1-3H3/b14-13+,19-18+/t20-/m1/s1. The first-order valence-electron chi connectivity index (χ1n) is 9.70. The molecule has 0 unspecified atom stereocenters. The Balaban J connectivity index is 3.39. The van der Waals surface area contributed by atoms with Gasteiger partial charge in [-0.25, -0.2) is 0 Å². The highest BCUT2D eigenvalue weighted by Gasteiger charge is 2.08. The van der Waals surface area contributed by atoms with Crippen LogP contribution in [0.2, 0.25) is 0 Å². The van der Waals surface area contributed by atoms with Gasteiger partial charge >= 0.3 is 5.97 Å². The zero-order chi connectivity index (χ0) is 17.2. The van der Waals surface area contributed by atoms with Crippen LogP contribution in [-0.4, -0.2) is 12.6 Å². The topological polar surface area (TPSA) is 26.3 Å². The SMILES string of the molecule is CCCCCCCCC/C=C/CCC/C=C/[C@@H](C)C(=O)OCC. The molecule has 0 rings (SSSR count).